The minimum atomic E-state index is -1.07. The first-order valence-corrected chi connectivity index (χ1v) is 11.1. The molecule has 0 bridgehead atoms. The van der Waals surface area contributed by atoms with Gasteiger partial charge in [0.25, 0.3) is 11.5 Å². The molecule has 1 aromatic heterocycles. The number of hydrogen-bond acceptors (Lipinski definition) is 6. The molecule has 35 heavy (non-hydrogen) atoms. The number of pyridine rings is 1. The summed E-state index contributed by atoms with van der Waals surface area (Å²) >= 11 is 5.93. The highest BCUT2D eigenvalue weighted by Crippen LogP contribution is 2.33. The molecule has 1 unspecified atom stereocenters. The maximum atomic E-state index is 14.9. The van der Waals surface area contributed by atoms with Crippen LogP contribution >= 0.6 is 11.6 Å². The van der Waals surface area contributed by atoms with Crippen molar-refractivity contribution in [2.75, 3.05) is 13.2 Å². The number of halogens is 2. The van der Waals surface area contributed by atoms with Gasteiger partial charge in [0, 0.05) is 46.8 Å². The number of aryl methyl sites for hydroxylation is 1. The normalized spacial score (nSPS) is 13.3. The van der Waals surface area contributed by atoms with Crippen LogP contribution in [-0.2, 0) is 0 Å². The standard InChI is InChI=1S/C25H25ClFN3O5/c1-14-8-17(11-28-24(14)33)23(30-35)10-21(20-7-6-18(26)9-22(20)27)15-2-4-16(5-3-15)25(34)29-12-19(32)13-31/h2-9,11,19,21,31-32,35H,10,12-13H2,1H3,(H,28,33)(H,29,34)/b30-23+/t19-,21?/m1/s1. The largest absolute Gasteiger partial charge is 0.411 e. The quantitative estimate of drug-likeness (QED) is 0.174. The van der Waals surface area contributed by atoms with Gasteiger partial charge in [0.2, 0.25) is 0 Å². The second-order valence-electron chi connectivity index (χ2n) is 8.04. The number of rotatable bonds is 9. The number of benzene rings is 2. The number of aromatic nitrogens is 1. The van der Waals surface area contributed by atoms with Crippen molar-refractivity contribution in [1.82, 2.24) is 10.3 Å². The third-order valence-corrected chi connectivity index (χ3v) is 5.80. The van der Waals surface area contributed by atoms with Crippen molar-refractivity contribution in [2.24, 2.45) is 5.16 Å². The van der Waals surface area contributed by atoms with Gasteiger partial charge in [0.15, 0.2) is 0 Å². The van der Waals surface area contributed by atoms with Gasteiger partial charge in [0.1, 0.15) is 5.82 Å². The zero-order chi connectivity index (χ0) is 25.5. The summed E-state index contributed by atoms with van der Waals surface area (Å²) < 4.78 is 14.9. The molecular weight excluding hydrogens is 477 g/mol. The van der Waals surface area contributed by atoms with Crippen LogP contribution in [-0.4, -0.2) is 51.3 Å². The van der Waals surface area contributed by atoms with E-state index >= 15 is 0 Å². The molecule has 2 aromatic carbocycles. The highest BCUT2D eigenvalue weighted by molar-refractivity contribution is 6.30. The van der Waals surface area contributed by atoms with E-state index in [-0.39, 0.29) is 29.3 Å². The fourth-order valence-corrected chi connectivity index (χ4v) is 3.77. The first-order valence-electron chi connectivity index (χ1n) is 10.8. The number of oxime groups is 1. The Morgan fingerprint density at radius 1 is 1.17 bits per heavy atom. The SMILES string of the molecule is Cc1cc(/C(CC(c2ccc(C(=O)NC[C@@H](O)CO)cc2)c2ccc(Cl)cc2F)=N/O)c[nH]c1=O. The number of amides is 1. The Bertz CT molecular complexity index is 1280. The van der Waals surface area contributed by atoms with Crippen molar-refractivity contribution >= 4 is 23.2 Å². The summed E-state index contributed by atoms with van der Waals surface area (Å²) in [5.74, 6) is -1.60. The first kappa shape index (κ1) is 26.1. The van der Waals surface area contributed by atoms with Gasteiger partial charge in [0.05, 0.1) is 18.4 Å². The zero-order valence-corrected chi connectivity index (χ0v) is 19.6. The molecule has 5 N–H and O–H groups in total. The lowest BCUT2D eigenvalue weighted by Crippen LogP contribution is -2.33. The Morgan fingerprint density at radius 2 is 1.89 bits per heavy atom. The van der Waals surface area contributed by atoms with Gasteiger partial charge in [-0.15, -0.1) is 0 Å². The number of nitrogens with zero attached hydrogens (tertiary/aromatic N) is 1. The van der Waals surface area contributed by atoms with Crippen LogP contribution in [0.15, 0.2) is 64.7 Å². The van der Waals surface area contributed by atoms with Gasteiger partial charge >= 0.3 is 0 Å². The summed E-state index contributed by atoms with van der Waals surface area (Å²) in [5, 5.41) is 34.2. The molecule has 0 aliphatic rings. The van der Waals surface area contributed by atoms with E-state index in [1.54, 1.807) is 49.4 Å². The number of hydrogen-bond donors (Lipinski definition) is 5. The molecule has 10 heteroatoms. The maximum Gasteiger partial charge on any atom is 0.251 e. The lowest BCUT2D eigenvalue weighted by Gasteiger charge is -2.20. The molecule has 2 atom stereocenters. The van der Waals surface area contributed by atoms with Crippen LogP contribution in [0.25, 0.3) is 0 Å². The molecule has 1 heterocycles. The molecule has 184 valence electrons. The van der Waals surface area contributed by atoms with Gasteiger partial charge in [-0.3, -0.25) is 9.59 Å². The smallest absolute Gasteiger partial charge is 0.251 e. The number of carbonyl (C=O) groups excluding carboxylic acids is 1. The van der Waals surface area contributed by atoms with E-state index < -0.39 is 30.4 Å². The van der Waals surface area contributed by atoms with E-state index in [9.17, 15) is 24.3 Å². The Hall–Kier alpha value is -3.53. The molecule has 8 nitrogen and oxygen atoms in total. The summed E-state index contributed by atoms with van der Waals surface area (Å²) in [4.78, 5) is 26.6. The van der Waals surface area contributed by atoms with E-state index in [0.717, 1.165) is 0 Å². The second kappa shape index (κ2) is 11.7. The summed E-state index contributed by atoms with van der Waals surface area (Å²) in [6.07, 6.45) is 0.436. The van der Waals surface area contributed by atoms with Gasteiger partial charge in [-0.2, -0.15) is 0 Å². The monoisotopic (exact) mass is 501 g/mol. The maximum absolute atomic E-state index is 14.9. The molecular formula is C25H25ClFN3O5. The highest BCUT2D eigenvalue weighted by Gasteiger charge is 2.23. The fraction of sp³-hybridized carbons (Fsp3) is 0.240. The average molecular weight is 502 g/mol. The van der Waals surface area contributed by atoms with Gasteiger partial charge in [-0.1, -0.05) is 35.0 Å². The lowest BCUT2D eigenvalue weighted by molar-refractivity contribution is 0.0802. The van der Waals surface area contributed by atoms with E-state index in [2.05, 4.69) is 15.5 Å². The predicted octanol–water partition coefficient (Wildman–Crippen LogP) is 2.96. The third-order valence-electron chi connectivity index (χ3n) is 5.56. The summed E-state index contributed by atoms with van der Waals surface area (Å²) in [6, 6.07) is 12.3. The topological polar surface area (TPSA) is 135 Å². The number of nitrogens with one attached hydrogen (secondary N) is 2. The summed E-state index contributed by atoms with van der Waals surface area (Å²) in [6.45, 7) is 1.04. The molecule has 0 radical (unpaired) electrons. The zero-order valence-electron chi connectivity index (χ0n) is 18.8. The fourth-order valence-electron chi connectivity index (χ4n) is 3.61. The van der Waals surface area contributed by atoms with Crippen molar-refractivity contribution in [3.05, 3.63) is 104 Å². The van der Waals surface area contributed by atoms with Gasteiger partial charge in [-0.25, -0.2) is 4.39 Å². The van der Waals surface area contributed by atoms with E-state index in [1.807, 2.05) is 0 Å². The molecule has 0 aliphatic heterocycles. The molecule has 3 aromatic rings. The van der Waals surface area contributed by atoms with Crippen molar-refractivity contribution in [2.45, 2.75) is 25.4 Å². The molecule has 0 spiro atoms. The van der Waals surface area contributed by atoms with Crippen LogP contribution in [0.5, 0.6) is 0 Å². The first-order chi connectivity index (χ1) is 16.7. The minimum absolute atomic E-state index is 0.0781. The Labute approximate surface area is 205 Å². The number of aliphatic hydroxyl groups excluding tert-OH is 2. The van der Waals surface area contributed by atoms with Crippen LogP contribution in [0.2, 0.25) is 5.02 Å². The molecule has 3 rings (SSSR count). The summed E-state index contributed by atoms with van der Waals surface area (Å²) in [7, 11) is 0. The van der Waals surface area contributed by atoms with Gasteiger partial charge in [-0.05, 0) is 48.4 Å². The predicted molar refractivity (Wildman–Crippen MR) is 130 cm³/mol. The molecule has 0 saturated heterocycles. The van der Waals surface area contributed by atoms with Crippen molar-refractivity contribution in [3.63, 3.8) is 0 Å². The van der Waals surface area contributed by atoms with Crippen molar-refractivity contribution in [3.8, 4) is 0 Å². The van der Waals surface area contributed by atoms with Crippen LogP contribution in [0.4, 0.5) is 4.39 Å². The number of aromatic amines is 1. The van der Waals surface area contributed by atoms with Crippen LogP contribution < -0.4 is 10.9 Å². The van der Waals surface area contributed by atoms with Crippen LogP contribution in [0, 0.1) is 12.7 Å². The summed E-state index contributed by atoms with van der Waals surface area (Å²) in [5.41, 5.74) is 2.11. The highest BCUT2D eigenvalue weighted by atomic mass is 35.5. The average Bonchev–Trinajstić information content (AvgIpc) is 2.85. The van der Waals surface area contributed by atoms with E-state index in [1.165, 1.54) is 12.3 Å². The Morgan fingerprint density at radius 3 is 2.49 bits per heavy atom. The van der Waals surface area contributed by atoms with E-state index in [4.69, 9.17) is 16.7 Å². The van der Waals surface area contributed by atoms with Gasteiger partial charge < -0.3 is 25.7 Å². The van der Waals surface area contributed by atoms with Crippen molar-refractivity contribution in [1.29, 1.82) is 0 Å². The molecule has 0 aliphatic carbocycles. The molecule has 1 amide bonds. The number of aliphatic hydroxyl groups is 2. The minimum Gasteiger partial charge on any atom is -0.411 e. The Balaban J connectivity index is 1.95. The second-order valence-corrected chi connectivity index (χ2v) is 8.47. The number of carbonyl (C=O) groups is 1. The molecule has 0 fully saturated rings. The lowest BCUT2D eigenvalue weighted by atomic mass is 9.85. The molecule has 0 saturated carbocycles. The van der Waals surface area contributed by atoms with Crippen LogP contribution in [0.3, 0.4) is 0 Å². The Kier molecular flexibility index (Phi) is 8.75. The van der Waals surface area contributed by atoms with E-state index in [0.29, 0.717) is 27.8 Å². The van der Waals surface area contributed by atoms with Crippen molar-refractivity contribution < 1.29 is 24.6 Å². The van der Waals surface area contributed by atoms with Crippen LogP contribution in [0.1, 0.15) is 45.0 Å². The number of H-pyrrole nitrogens is 1. The third kappa shape index (κ3) is 6.54.